The average molecular weight is 370 g/mol. The summed E-state index contributed by atoms with van der Waals surface area (Å²) in [6, 6.07) is 10.8. The van der Waals surface area contributed by atoms with Crippen molar-refractivity contribution in [3.8, 4) is 11.3 Å². The van der Waals surface area contributed by atoms with Gasteiger partial charge in [0.15, 0.2) is 0 Å². The molecule has 140 valence electrons. The molecule has 1 aliphatic heterocycles. The Labute approximate surface area is 162 Å². The Morgan fingerprint density at radius 2 is 1.73 bits per heavy atom. The molecule has 1 aromatic heterocycles. The summed E-state index contributed by atoms with van der Waals surface area (Å²) in [4.78, 5) is 11.7. The summed E-state index contributed by atoms with van der Waals surface area (Å²) in [5.74, 6) is 0.702. The first kappa shape index (κ1) is 18.1. The first-order chi connectivity index (χ1) is 12.8. The lowest BCUT2D eigenvalue weighted by Crippen LogP contribution is -2.45. The largest absolute Gasteiger partial charge is 0.304 e. The van der Waals surface area contributed by atoms with Crippen molar-refractivity contribution >= 4 is 11.3 Å². The first-order valence-electron chi connectivity index (χ1n) is 10.3. The molecule has 2 aromatic rings. The molecule has 4 rings (SSSR count). The molecule has 1 aliphatic carbocycles. The second-order valence-electron chi connectivity index (χ2n) is 7.92. The second-order valence-corrected chi connectivity index (χ2v) is 9.03. The minimum Gasteiger partial charge on any atom is -0.304 e. The molecule has 0 amide bonds. The van der Waals surface area contributed by atoms with Crippen molar-refractivity contribution in [2.24, 2.45) is 0 Å². The highest BCUT2D eigenvalue weighted by Gasteiger charge is 2.22. The molecule has 0 unspecified atom stereocenters. The number of thiazole rings is 1. The predicted octanol–water partition coefficient (Wildman–Crippen LogP) is 4.65. The molecular formula is C22H31N3S. The van der Waals surface area contributed by atoms with Gasteiger partial charge in [-0.25, -0.2) is 4.98 Å². The fourth-order valence-corrected chi connectivity index (χ4v) is 5.46. The van der Waals surface area contributed by atoms with Crippen molar-refractivity contribution in [2.75, 3.05) is 39.8 Å². The predicted molar refractivity (Wildman–Crippen MR) is 111 cm³/mol. The molecule has 2 fully saturated rings. The summed E-state index contributed by atoms with van der Waals surface area (Å²) in [7, 11) is 2.23. The molecule has 0 atom stereocenters. The van der Waals surface area contributed by atoms with Crippen LogP contribution in [0.3, 0.4) is 0 Å². The molecule has 2 heterocycles. The Morgan fingerprint density at radius 1 is 1.00 bits per heavy atom. The lowest BCUT2D eigenvalue weighted by molar-refractivity contribution is 0.156. The Kier molecular flexibility index (Phi) is 6.03. The summed E-state index contributed by atoms with van der Waals surface area (Å²) >= 11 is 2.00. The molecule has 1 saturated carbocycles. The minimum atomic E-state index is 0.702. The third-order valence-electron chi connectivity index (χ3n) is 5.97. The molecule has 0 bridgehead atoms. The Bertz CT molecular complexity index is 683. The SMILES string of the molecule is CN1CCN(CCc2sc(C3CCCCC3)nc2-c2ccccc2)CC1. The van der Waals surface area contributed by atoms with Crippen LogP contribution in [0.5, 0.6) is 0 Å². The zero-order valence-electron chi connectivity index (χ0n) is 16.0. The number of aromatic nitrogens is 1. The Morgan fingerprint density at radius 3 is 2.46 bits per heavy atom. The molecule has 0 spiro atoms. The summed E-state index contributed by atoms with van der Waals surface area (Å²) in [5, 5.41) is 1.40. The maximum absolute atomic E-state index is 5.17. The van der Waals surface area contributed by atoms with Crippen LogP contribution in [0, 0.1) is 0 Å². The van der Waals surface area contributed by atoms with E-state index >= 15 is 0 Å². The van der Waals surface area contributed by atoms with Crippen LogP contribution in [0.2, 0.25) is 0 Å². The topological polar surface area (TPSA) is 19.4 Å². The van der Waals surface area contributed by atoms with Crippen LogP contribution in [0.15, 0.2) is 30.3 Å². The van der Waals surface area contributed by atoms with E-state index in [1.807, 2.05) is 11.3 Å². The quantitative estimate of drug-likeness (QED) is 0.765. The molecule has 0 N–H and O–H groups in total. The number of benzene rings is 1. The number of hydrogen-bond acceptors (Lipinski definition) is 4. The summed E-state index contributed by atoms with van der Waals surface area (Å²) in [6.45, 7) is 5.96. The highest BCUT2D eigenvalue weighted by molar-refractivity contribution is 7.12. The van der Waals surface area contributed by atoms with Gasteiger partial charge in [-0.05, 0) is 26.3 Å². The van der Waals surface area contributed by atoms with Crippen LogP contribution >= 0.6 is 11.3 Å². The normalized spacial score (nSPS) is 20.5. The van der Waals surface area contributed by atoms with E-state index in [-0.39, 0.29) is 0 Å². The fraction of sp³-hybridized carbons (Fsp3) is 0.591. The molecule has 1 saturated heterocycles. The zero-order chi connectivity index (χ0) is 17.8. The van der Waals surface area contributed by atoms with Gasteiger partial charge in [-0.3, -0.25) is 0 Å². The van der Waals surface area contributed by atoms with E-state index in [1.165, 1.54) is 86.0 Å². The number of piperazine rings is 1. The van der Waals surface area contributed by atoms with Crippen molar-refractivity contribution in [1.29, 1.82) is 0 Å². The van der Waals surface area contributed by atoms with Gasteiger partial charge in [0.2, 0.25) is 0 Å². The van der Waals surface area contributed by atoms with Crippen LogP contribution in [-0.4, -0.2) is 54.6 Å². The van der Waals surface area contributed by atoms with E-state index in [1.54, 1.807) is 0 Å². The molecule has 0 radical (unpaired) electrons. The molecule has 4 heteroatoms. The third kappa shape index (κ3) is 4.36. The van der Waals surface area contributed by atoms with Gasteiger partial charge < -0.3 is 9.80 Å². The van der Waals surface area contributed by atoms with Crippen molar-refractivity contribution < 1.29 is 0 Å². The summed E-state index contributed by atoms with van der Waals surface area (Å²) in [5.41, 5.74) is 2.55. The van der Waals surface area contributed by atoms with Crippen molar-refractivity contribution in [2.45, 2.75) is 44.4 Å². The van der Waals surface area contributed by atoms with E-state index < -0.39 is 0 Å². The van der Waals surface area contributed by atoms with Gasteiger partial charge in [0.25, 0.3) is 0 Å². The highest BCUT2D eigenvalue weighted by atomic mass is 32.1. The van der Waals surface area contributed by atoms with Crippen molar-refractivity contribution in [1.82, 2.24) is 14.8 Å². The summed E-state index contributed by atoms with van der Waals surface area (Å²) in [6.07, 6.45) is 7.96. The van der Waals surface area contributed by atoms with E-state index in [0.29, 0.717) is 5.92 Å². The third-order valence-corrected chi connectivity index (χ3v) is 7.24. The maximum Gasteiger partial charge on any atom is 0.0966 e. The smallest absolute Gasteiger partial charge is 0.0966 e. The lowest BCUT2D eigenvalue weighted by Gasteiger charge is -2.32. The number of likely N-dealkylation sites (N-methyl/N-ethyl adjacent to an activating group) is 1. The lowest BCUT2D eigenvalue weighted by atomic mass is 9.90. The molecule has 1 aromatic carbocycles. The van der Waals surface area contributed by atoms with Crippen molar-refractivity contribution in [3.05, 3.63) is 40.2 Å². The van der Waals surface area contributed by atoms with Gasteiger partial charge in [-0.1, -0.05) is 49.6 Å². The van der Waals surface area contributed by atoms with Crippen LogP contribution in [0.4, 0.5) is 0 Å². The number of nitrogens with zero attached hydrogens (tertiary/aromatic N) is 3. The Hall–Kier alpha value is -1.23. The monoisotopic (exact) mass is 369 g/mol. The maximum atomic E-state index is 5.17. The fourth-order valence-electron chi connectivity index (χ4n) is 4.22. The second kappa shape index (κ2) is 8.64. The van der Waals surface area contributed by atoms with Gasteiger partial charge in [0, 0.05) is 49.1 Å². The first-order valence-corrected chi connectivity index (χ1v) is 11.1. The van der Waals surface area contributed by atoms with Crippen LogP contribution in [-0.2, 0) is 6.42 Å². The van der Waals surface area contributed by atoms with E-state index in [0.717, 1.165) is 6.42 Å². The van der Waals surface area contributed by atoms with Crippen molar-refractivity contribution in [3.63, 3.8) is 0 Å². The van der Waals surface area contributed by atoms with Gasteiger partial charge in [0.1, 0.15) is 0 Å². The van der Waals surface area contributed by atoms with E-state index in [9.17, 15) is 0 Å². The Balaban J connectivity index is 1.52. The van der Waals surface area contributed by atoms with Gasteiger partial charge in [-0.2, -0.15) is 0 Å². The molecule has 3 nitrogen and oxygen atoms in total. The van der Waals surface area contributed by atoms with Gasteiger partial charge >= 0.3 is 0 Å². The summed E-state index contributed by atoms with van der Waals surface area (Å²) < 4.78 is 0. The van der Waals surface area contributed by atoms with Gasteiger partial charge in [-0.15, -0.1) is 11.3 Å². The van der Waals surface area contributed by atoms with Crippen LogP contribution in [0.1, 0.15) is 47.9 Å². The van der Waals surface area contributed by atoms with E-state index in [2.05, 4.69) is 47.2 Å². The number of rotatable bonds is 5. The van der Waals surface area contributed by atoms with Gasteiger partial charge in [0.05, 0.1) is 10.7 Å². The standard InChI is InChI=1S/C22H31N3S/c1-24-14-16-25(17-15-24)13-12-20-21(18-8-4-2-5-9-18)23-22(26-20)19-10-6-3-7-11-19/h2,4-5,8-9,19H,3,6-7,10-17H2,1H3. The molecule has 26 heavy (non-hydrogen) atoms. The van der Waals surface area contributed by atoms with Crippen LogP contribution in [0.25, 0.3) is 11.3 Å². The zero-order valence-corrected chi connectivity index (χ0v) is 16.8. The molecule has 2 aliphatic rings. The highest BCUT2D eigenvalue weighted by Crippen LogP contribution is 2.38. The van der Waals surface area contributed by atoms with E-state index in [4.69, 9.17) is 4.98 Å². The van der Waals surface area contributed by atoms with Crippen LogP contribution < -0.4 is 0 Å². The minimum absolute atomic E-state index is 0.702. The number of hydrogen-bond donors (Lipinski definition) is 0. The average Bonchev–Trinajstić information content (AvgIpc) is 3.13. The molecular weight excluding hydrogens is 338 g/mol.